The molecule has 0 bridgehead atoms. The molecule has 3 heteroatoms. The molecule has 5 aromatic rings. The van der Waals surface area contributed by atoms with Gasteiger partial charge in [0.15, 0.2) is 0 Å². The molecule has 0 aliphatic carbocycles. The summed E-state index contributed by atoms with van der Waals surface area (Å²) in [6.07, 6.45) is 3.98. The average Bonchev–Trinajstić information content (AvgIpc) is 3.10. The van der Waals surface area contributed by atoms with Crippen molar-refractivity contribution in [2.24, 2.45) is 0 Å². The maximum atomic E-state index is 4.74. The molecular formula is C25H19IrN2-. The third-order valence-electron chi connectivity index (χ3n) is 5.26. The molecule has 0 fully saturated rings. The molecule has 0 spiro atoms. The number of hydrogen-bond donors (Lipinski definition) is 0. The molecule has 139 valence electrons. The minimum Gasteiger partial charge on any atom is -0.340 e. The number of hydrogen-bond acceptors (Lipinski definition) is 1. The number of aryl methyl sites for hydroxylation is 2. The van der Waals surface area contributed by atoms with E-state index in [4.69, 9.17) is 4.98 Å². The molecule has 2 aromatic heterocycles. The Morgan fingerprint density at radius 2 is 1.82 bits per heavy atom. The van der Waals surface area contributed by atoms with Crippen molar-refractivity contribution in [1.82, 2.24) is 9.38 Å². The molecule has 1 radical (unpaired) electrons. The van der Waals surface area contributed by atoms with Gasteiger partial charge in [-0.25, -0.2) is 0 Å². The van der Waals surface area contributed by atoms with E-state index in [9.17, 15) is 0 Å². The van der Waals surface area contributed by atoms with Gasteiger partial charge in [-0.3, -0.25) is 4.98 Å². The van der Waals surface area contributed by atoms with Gasteiger partial charge in [-0.15, -0.1) is 29.7 Å². The van der Waals surface area contributed by atoms with Crippen molar-refractivity contribution in [2.45, 2.75) is 13.8 Å². The zero-order valence-electron chi connectivity index (χ0n) is 15.8. The Hall–Kier alpha value is -2.74. The van der Waals surface area contributed by atoms with Crippen LogP contribution in [0.25, 0.3) is 44.5 Å². The molecule has 2 heterocycles. The first-order chi connectivity index (χ1) is 13.2. The normalized spacial score (nSPS) is 11.1. The summed E-state index contributed by atoms with van der Waals surface area (Å²) in [6.45, 7) is 8.06. The molecular weight excluding hydrogens is 521 g/mol. The monoisotopic (exact) mass is 540 g/mol. The van der Waals surface area contributed by atoms with E-state index < -0.39 is 0 Å². The quantitative estimate of drug-likeness (QED) is 0.188. The summed E-state index contributed by atoms with van der Waals surface area (Å²) in [5.74, 6) is 0. The van der Waals surface area contributed by atoms with Crippen molar-refractivity contribution in [3.8, 4) is 11.1 Å². The van der Waals surface area contributed by atoms with Crippen LogP contribution in [0.1, 0.15) is 16.8 Å². The number of imidazole rings is 1. The number of rotatable bonds is 2. The van der Waals surface area contributed by atoms with Gasteiger partial charge in [0.2, 0.25) is 0 Å². The summed E-state index contributed by atoms with van der Waals surface area (Å²) in [6, 6.07) is 22.7. The zero-order valence-corrected chi connectivity index (χ0v) is 18.2. The van der Waals surface area contributed by atoms with Gasteiger partial charge in [0, 0.05) is 37.5 Å². The molecule has 0 aliphatic heterocycles. The van der Waals surface area contributed by atoms with Gasteiger partial charge in [0.25, 0.3) is 0 Å². The predicted molar refractivity (Wildman–Crippen MR) is 114 cm³/mol. The third-order valence-corrected chi connectivity index (χ3v) is 5.26. The van der Waals surface area contributed by atoms with Gasteiger partial charge in [-0.1, -0.05) is 48.4 Å². The van der Waals surface area contributed by atoms with Crippen LogP contribution in [0.15, 0.2) is 67.4 Å². The van der Waals surface area contributed by atoms with E-state index in [0.29, 0.717) is 0 Å². The largest absolute Gasteiger partial charge is 0.340 e. The number of nitrogens with zero attached hydrogens (tertiary/aromatic N) is 2. The third kappa shape index (κ3) is 2.79. The van der Waals surface area contributed by atoms with E-state index in [2.05, 4.69) is 72.6 Å². The van der Waals surface area contributed by atoms with Crippen LogP contribution in [0.5, 0.6) is 0 Å². The second-order valence-electron chi connectivity index (χ2n) is 7.05. The topological polar surface area (TPSA) is 17.3 Å². The standard InChI is InChI=1S/C25H19N2.Ir/c1-4-18-9-11-19(12-10-18)22-14-23-20-7-5-6-8-21(20)25-26-17(3)15-27(25)24(23)13-16(22)2;/h4-7,9-15H,1H2,2-3H3;/q-1;. The van der Waals surface area contributed by atoms with Crippen molar-refractivity contribution < 1.29 is 20.1 Å². The van der Waals surface area contributed by atoms with Crippen molar-refractivity contribution >= 4 is 33.4 Å². The molecule has 0 unspecified atom stereocenters. The van der Waals surface area contributed by atoms with Crippen LogP contribution in [0.4, 0.5) is 0 Å². The van der Waals surface area contributed by atoms with Gasteiger partial charge in [0.05, 0.1) is 5.65 Å². The molecule has 0 amide bonds. The fourth-order valence-electron chi connectivity index (χ4n) is 3.92. The smallest absolute Gasteiger partial charge is 0.0611 e. The molecule has 0 N–H and O–H groups in total. The first-order valence-corrected chi connectivity index (χ1v) is 9.11. The van der Waals surface area contributed by atoms with Gasteiger partial charge < -0.3 is 4.40 Å². The SMILES string of the molecule is C=Cc1ccc(-c2cc3c4ccc[c-]c4c4nc(C)cn4c3cc2C)cc1.[Ir]. The summed E-state index contributed by atoms with van der Waals surface area (Å²) in [7, 11) is 0. The summed E-state index contributed by atoms with van der Waals surface area (Å²) >= 11 is 0. The average molecular weight is 540 g/mol. The molecule has 5 rings (SSSR count). The van der Waals surface area contributed by atoms with Crippen LogP contribution in [0.2, 0.25) is 0 Å². The van der Waals surface area contributed by atoms with Crippen molar-refractivity contribution in [2.75, 3.05) is 0 Å². The van der Waals surface area contributed by atoms with Crippen LogP contribution >= 0.6 is 0 Å². The Labute approximate surface area is 177 Å². The summed E-state index contributed by atoms with van der Waals surface area (Å²) < 4.78 is 2.20. The zero-order chi connectivity index (χ0) is 18.5. The van der Waals surface area contributed by atoms with Crippen molar-refractivity contribution in [3.05, 3.63) is 90.3 Å². The number of pyridine rings is 1. The van der Waals surface area contributed by atoms with E-state index in [1.165, 1.54) is 33.0 Å². The number of fused-ring (bicyclic) bond motifs is 6. The van der Waals surface area contributed by atoms with E-state index in [0.717, 1.165) is 22.3 Å². The maximum absolute atomic E-state index is 4.74. The van der Waals surface area contributed by atoms with Crippen LogP contribution < -0.4 is 0 Å². The Bertz CT molecular complexity index is 1340. The molecule has 0 atom stereocenters. The second-order valence-corrected chi connectivity index (χ2v) is 7.05. The number of benzene rings is 3. The Balaban J connectivity index is 0.00000192. The van der Waals surface area contributed by atoms with E-state index in [1.807, 2.05) is 25.1 Å². The molecule has 28 heavy (non-hydrogen) atoms. The van der Waals surface area contributed by atoms with Gasteiger partial charge in [0.1, 0.15) is 0 Å². The van der Waals surface area contributed by atoms with Crippen LogP contribution in [-0.2, 0) is 20.1 Å². The Morgan fingerprint density at radius 3 is 2.57 bits per heavy atom. The Kier molecular flexibility index (Phi) is 4.66. The minimum absolute atomic E-state index is 0. The predicted octanol–water partition coefficient (Wildman–Crippen LogP) is 6.37. The molecule has 2 nitrogen and oxygen atoms in total. The van der Waals surface area contributed by atoms with E-state index >= 15 is 0 Å². The van der Waals surface area contributed by atoms with E-state index in [1.54, 1.807) is 0 Å². The minimum atomic E-state index is 0. The maximum Gasteiger partial charge on any atom is 0.0611 e. The second kappa shape index (κ2) is 7.01. The van der Waals surface area contributed by atoms with Crippen molar-refractivity contribution in [3.63, 3.8) is 0 Å². The number of aromatic nitrogens is 2. The Morgan fingerprint density at radius 1 is 1.04 bits per heavy atom. The molecule has 0 saturated carbocycles. The van der Waals surface area contributed by atoms with Crippen LogP contribution in [0.3, 0.4) is 0 Å². The summed E-state index contributed by atoms with van der Waals surface area (Å²) in [4.78, 5) is 4.74. The summed E-state index contributed by atoms with van der Waals surface area (Å²) in [5.41, 5.74) is 8.02. The van der Waals surface area contributed by atoms with Gasteiger partial charge >= 0.3 is 0 Å². The first-order valence-electron chi connectivity index (χ1n) is 9.11. The fraction of sp³-hybridized carbons (Fsp3) is 0.0800. The first kappa shape index (κ1) is 18.6. The fourth-order valence-corrected chi connectivity index (χ4v) is 3.92. The van der Waals surface area contributed by atoms with Crippen molar-refractivity contribution in [1.29, 1.82) is 0 Å². The molecule has 3 aromatic carbocycles. The molecule has 0 saturated heterocycles. The summed E-state index contributed by atoms with van der Waals surface area (Å²) in [5, 5.41) is 3.48. The van der Waals surface area contributed by atoms with Crippen LogP contribution in [-0.4, -0.2) is 9.38 Å². The van der Waals surface area contributed by atoms with Gasteiger partial charge in [-0.05, 0) is 47.6 Å². The van der Waals surface area contributed by atoms with Crippen LogP contribution in [0, 0.1) is 19.9 Å². The van der Waals surface area contributed by atoms with E-state index in [-0.39, 0.29) is 20.1 Å². The molecule has 0 aliphatic rings. The van der Waals surface area contributed by atoms with Gasteiger partial charge in [-0.2, -0.15) is 0 Å².